The molecule has 4 aromatic rings. The van der Waals surface area contributed by atoms with Gasteiger partial charge in [0.25, 0.3) is 0 Å². The number of nitrogens with zero attached hydrogens (tertiary/aromatic N) is 7. The molecule has 3 heterocycles. The molecule has 12 heteroatoms. The zero-order valence-electron chi connectivity index (χ0n) is 26.2. The average molecular weight is 609 g/mol. The number of aromatic nitrogens is 5. The van der Waals surface area contributed by atoms with E-state index in [9.17, 15) is 15.2 Å². The first-order valence-electron chi connectivity index (χ1n) is 15.2. The van der Waals surface area contributed by atoms with Gasteiger partial charge in [0, 0.05) is 37.1 Å². The molecule has 1 aliphatic carbocycles. The fraction of sp³-hybridized carbons (Fsp3) is 0.394. The minimum absolute atomic E-state index is 0.250. The van der Waals surface area contributed by atoms with Crippen molar-refractivity contribution in [1.29, 1.82) is 5.26 Å². The number of pyridine rings is 1. The van der Waals surface area contributed by atoms with Crippen molar-refractivity contribution in [2.75, 3.05) is 15.5 Å². The Labute approximate surface area is 263 Å². The van der Waals surface area contributed by atoms with Crippen LogP contribution < -0.4 is 20.9 Å². The quantitative estimate of drug-likeness (QED) is 0.178. The Kier molecular flexibility index (Phi) is 9.29. The predicted octanol–water partition coefficient (Wildman–Crippen LogP) is 5.20. The summed E-state index contributed by atoms with van der Waals surface area (Å²) >= 11 is 0. The van der Waals surface area contributed by atoms with Crippen molar-refractivity contribution in [1.82, 2.24) is 30.0 Å². The van der Waals surface area contributed by atoms with Crippen LogP contribution in [0.5, 0.6) is 0 Å². The number of nitriles is 1. The highest BCUT2D eigenvalue weighted by atomic mass is 16.3. The fourth-order valence-corrected chi connectivity index (χ4v) is 5.39. The number of carbonyl (C=O) groups excluding carboxylic acids is 1. The fourth-order valence-electron chi connectivity index (χ4n) is 5.39. The van der Waals surface area contributed by atoms with Gasteiger partial charge in [-0.2, -0.15) is 15.3 Å². The molecule has 45 heavy (non-hydrogen) atoms. The average Bonchev–Trinajstić information content (AvgIpc) is 3.47. The van der Waals surface area contributed by atoms with Crippen LogP contribution in [0.4, 0.5) is 22.4 Å². The van der Waals surface area contributed by atoms with Crippen LogP contribution in [-0.2, 0) is 13.6 Å². The summed E-state index contributed by atoms with van der Waals surface area (Å²) in [5.74, 6) is 1.04. The third kappa shape index (κ3) is 7.38. The molecule has 0 bridgehead atoms. The maximum Gasteiger partial charge on any atom is 0.325 e. The Morgan fingerprint density at radius 2 is 1.84 bits per heavy atom. The third-order valence-corrected chi connectivity index (χ3v) is 8.28. The van der Waals surface area contributed by atoms with Crippen LogP contribution in [-0.4, -0.2) is 53.2 Å². The highest BCUT2D eigenvalue weighted by Crippen LogP contribution is 2.37. The number of aliphatic hydroxyl groups is 1. The van der Waals surface area contributed by atoms with Gasteiger partial charge in [-0.05, 0) is 64.2 Å². The molecule has 1 fully saturated rings. The Balaban J connectivity index is 1.52. The largest absolute Gasteiger partial charge is 0.388 e. The van der Waals surface area contributed by atoms with Crippen LogP contribution in [0.3, 0.4) is 0 Å². The molecular formula is C33H40N10O2. The zero-order chi connectivity index (χ0) is 32.0. The van der Waals surface area contributed by atoms with E-state index in [-0.39, 0.29) is 17.5 Å². The summed E-state index contributed by atoms with van der Waals surface area (Å²) in [5, 5.41) is 34.3. The van der Waals surface area contributed by atoms with E-state index < -0.39 is 17.3 Å². The Hall–Kier alpha value is -5.02. The van der Waals surface area contributed by atoms with E-state index in [4.69, 9.17) is 4.98 Å². The summed E-state index contributed by atoms with van der Waals surface area (Å²) in [7, 11) is 1.86. The lowest BCUT2D eigenvalue weighted by atomic mass is 9.87. The van der Waals surface area contributed by atoms with E-state index in [1.807, 2.05) is 62.6 Å². The lowest BCUT2D eigenvalue weighted by Crippen LogP contribution is -2.61. The number of hydrogen-bond donors (Lipinski definition) is 4. The SMILES string of the molecule is CC(Nc1nc(NC2(N(C(=O)NCc3ccccc3)c3ccc(-c4cnn(C)c4)cn3)CCCCC2)ncc1C#N)C(C)(C)O. The summed E-state index contributed by atoms with van der Waals surface area (Å²) in [6.07, 6.45) is 10.9. The van der Waals surface area contributed by atoms with Crippen LogP contribution in [0.2, 0.25) is 0 Å². The second-order valence-electron chi connectivity index (χ2n) is 12.1. The molecule has 0 spiro atoms. The lowest BCUT2D eigenvalue weighted by molar-refractivity contribution is 0.0647. The molecule has 12 nitrogen and oxygen atoms in total. The highest BCUT2D eigenvalue weighted by Gasteiger charge is 2.43. The maximum atomic E-state index is 14.2. The summed E-state index contributed by atoms with van der Waals surface area (Å²) in [6.45, 7) is 5.54. The van der Waals surface area contributed by atoms with Gasteiger partial charge in [0.1, 0.15) is 28.9 Å². The molecule has 0 radical (unpaired) electrons. The molecule has 5 rings (SSSR count). The van der Waals surface area contributed by atoms with E-state index in [2.05, 4.69) is 37.1 Å². The van der Waals surface area contributed by atoms with Crippen molar-refractivity contribution in [3.63, 3.8) is 0 Å². The van der Waals surface area contributed by atoms with Crippen LogP contribution in [0.1, 0.15) is 64.0 Å². The summed E-state index contributed by atoms with van der Waals surface area (Å²) in [5.41, 5.74) is 1.07. The molecule has 0 saturated heterocycles. The summed E-state index contributed by atoms with van der Waals surface area (Å²) in [6, 6.07) is 14.9. The van der Waals surface area contributed by atoms with Crippen LogP contribution in [0.15, 0.2) is 67.3 Å². The number of anilines is 3. The number of aryl methyl sites for hydroxylation is 1. The normalized spacial score (nSPS) is 15.0. The van der Waals surface area contributed by atoms with E-state index in [1.165, 1.54) is 6.20 Å². The second-order valence-corrected chi connectivity index (χ2v) is 12.1. The third-order valence-electron chi connectivity index (χ3n) is 8.28. The molecule has 2 amide bonds. The predicted molar refractivity (Wildman–Crippen MR) is 173 cm³/mol. The van der Waals surface area contributed by atoms with Crippen molar-refractivity contribution in [2.24, 2.45) is 7.05 Å². The molecule has 1 aromatic carbocycles. The number of carbonyl (C=O) groups is 1. The standard InChI is InChI=1S/C33H40N10O2/c1-23(32(2,3)45)39-29-26(17-34)20-36-30(40-29)41-33(15-9-6-10-16-33)43(31(44)37-18-24-11-7-5-8-12-24)28-14-13-25(19-35-28)27-21-38-42(4)22-27/h5,7-8,11-14,19-23,45H,6,9-10,15-16,18H2,1-4H3,(H,37,44)(H2,36,39,40,41). The van der Waals surface area contributed by atoms with Crippen molar-refractivity contribution in [2.45, 2.75) is 76.7 Å². The van der Waals surface area contributed by atoms with Gasteiger partial charge in [0.05, 0.1) is 24.0 Å². The minimum Gasteiger partial charge on any atom is -0.388 e. The molecule has 1 aliphatic rings. The lowest BCUT2D eigenvalue weighted by Gasteiger charge is -2.46. The number of rotatable bonds is 10. The number of amides is 2. The van der Waals surface area contributed by atoms with Crippen molar-refractivity contribution >= 4 is 23.6 Å². The second kappa shape index (κ2) is 13.3. The number of hydrogen-bond acceptors (Lipinski definition) is 9. The first-order valence-corrected chi connectivity index (χ1v) is 15.2. The molecule has 3 aromatic heterocycles. The van der Waals surface area contributed by atoms with Crippen molar-refractivity contribution in [3.05, 3.63) is 78.4 Å². The Morgan fingerprint density at radius 1 is 1.09 bits per heavy atom. The molecule has 1 unspecified atom stereocenters. The summed E-state index contributed by atoms with van der Waals surface area (Å²) in [4.78, 5) is 29.8. The van der Waals surface area contributed by atoms with Gasteiger partial charge in [-0.25, -0.2) is 14.8 Å². The van der Waals surface area contributed by atoms with Gasteiger partial charge >= 0.3 is 6.03 Å². The Morgan fingerprint density at radius 3 is 2.47 bits per heavy atom. The number of urea groups is 1. The van der Waals surface area contributed by atoms with Crippen molar-refractivity contribution in [3.8, 4) is 17.2 Å². The van der Waals surface area contributed by atoms with Crippen LogP contribution in [0.25, 0.3) is 11.1 Å². The van der Waals surface area contributed by atoms with Gasteiger partial charge in [-0.3, -0.25) is 9.58 Å². The molecular weight excluding hydrogens is 568 g/mol. The first-order chi connectivity index (χ1) is 21.6. The maximum absolute atomic E-state index is 14.2. The van der Waals surface area contributed by atoms with Crippen LogP contribution >= 0.6 is 0 Å². The van der Waals surface area contributed by atoms with Crippen LogP contribution in [0, 0.1) is 11.3 Å². The van der Waals surface area contributed by atoms with E-state index >= 15 is 0 Å². The molecule has 0 aliphatic heterocycles. The van der Waals surface area contributed by atoms with Gasteiger partial charge in [0.15, 0.2) is 0 Å². The Bertz CT molecular complexity index is 1630. The summed E-state index contributed by atoms with van der Waals surface area (Å²) < 4.78 is 1.73. The number of benzene rings is 1. The van der Waals surface area contributed by atoms with Gasteiger partial charge in [0.2, 0.25) is 5.95 Å². The van der Waals surface area contributed by atoms with Gasteiger partial charge in [-0.15, -0.1) is 0 Å². The topological polar surface area (TPSA) is 157 Å². The van der Waals surface area contributed by atoms with E-state index in [0.717, 1.165) is 36.0 Å². The first kappa shape index (κ1) is 31.4. The smallest absolute Gasteiger partial charge is 0.325 e. The highest BCUT2D eigenvalue weighted by molar-refractivity contribution is 5.93. The van der Waals surface area contributed by atoms with Gasteiger partial charge < -0.3 is 21.1 Å². The van der Waals surface area contributed by atoms with Gasteiger partial charge in [-0.1, -0.05) is 36.8 Å². The molecule has 1 atom stereocenters. The molecule has 4 N–H and O–H groups in total. The van der Waals surface area contributed by atoms with E-state index in [0.29, 0.717) is 31.0 Å². The van der Waals surface area contributed by atoms with Crippen molar-refractivity contribution < 1.29 is 9.90 Å². The molecule has 234 valence electrons. The molecule has 1 saturated carbocycles. The monoisotopic (exact) mass is 608 g/mol. The zero-order valence-corrected chi connectivity index (χ0v) is 26.2. The minimum atomic E-state index is -1.06. The van der Waals surface area contributed by atoms with E-state index in [1.54, 1.807) is 35.8 Å². The number of nitrogens with one attached hydrogen (secondary N) is 3.